The molecule has 5 heteroatoms. The first-order valence-corrected chi connectivity index (χ1v) is 4.85. The fourth-order valence-corrected chi connectivity index (χ4v) is 1.43. The second kappa shape index (κ2) is 4.33. The highest BCUT2D eigenvalue weighted by molar-refractivity contribution is 6.17. The highest BCUT2D eigenvalue weighted by Gasteiger charge is 2.34. The van der Waals surface area contributed by atoms with Gasteiger partial charge >= 0.3 is 5.97 Å². The van der Waals surface area contributed by atoms with Crippen LogP contribution in [-0.4, -0.2) is 41.6 Å². The second-order valence-electron chi connectivity index (χ2n) is 3.51. The summed E-state index contributed by atoms with van der Waals surface area (Å²) in [4.78, 5) is 24.5. The Morgan fingerprint density at radius 1 is 1.67 bits per heavy atom. The summed E-state index contributed by atoms with van der Waals surface area (Å²) in [7, 11) is 1.60. The molecule has 0 aromatic heterocycles. The summed E-state index contributed by atoms with van der Waals surface area (Å²) in [5, 5.41) is 9.56. The Morgan fingerprint density at radius 3 is 2.80 bits per heavy atom. The zero-order valence-corrected chi connectivity index (χ0v) is 9.11. The summed E-state index contributed by atoms with van der Waals surface area (Å²) in [6.45, 7) is 3.63. The van der Waals surface area contributed by atoms with Gasteiger partial charge in [-0.1, -0.05) is 0 Å². The van der Waals surface area contributed by atoms with Gasteiger partial charge in [0.05, 0.1) is 6.61 Å². The zero-order valence-electron chi connectivity index (χ0n) is 9.11. The van der Waals surface area contributed by atoms with E-state index < -0.39 is 11.9 Å². The maximum absolute atomic E-state index is 11.7. The predicted octanol–water partition coefficient (Wildman–Crippen LogP) is 0.612. The fraction of sp³-hybridized carbons (Fsp3) is 0.600. The van der Waals surface area contributed by atoms with Crippen LogP contribution in [0.25, 0.3) is 0 Å². The lowest BCUT2D eigenvalue weighted by atomic mass is 10.0. The summed E-state index contributed by atoms with van der Waals surface area (Å²) in [6, 6.07) is -0.101. The van der Waals surface area contributed by atoms with Crippen molar-refractivity contribution >= 4 is 11.9 Å². The molecule has 5 nitrogen and oxygen atoms in total. The summed E-state index contributed by atoms with van der Waals surface area (Å²) in [6.07, 6.45) is 0.288. The number of likely N-dealkylation sites (N-methyl/N-ethyl adjacent to an activating group) is 1. The van der Waals surface area contributed by atoms with Crippen LogP contribution in [-0.2, 0) is 14.3 Å². The van der Waals surface area contributed by atoms with Gasteiger partial charge in [0.25, 0.3) is 5.91 Å². The monoisotopic (exact) mass is 213 g/mol. The van der Waals surface area contributed by atoms with Crippen LogP contribution in [0.2, 0.25) is 0 Å². The Morgan fingerprint density at radius 2 is 2.27 bits per heavy atom. The largest absolute Gasteiger partial charge is 0.511 e. The summed E-state index contributed by atoms with van der Waals surface area (Å²) in [5.41, 5.74) is -0.238. The number of aliphatic hydroxyl groups is 1. The lowest BCUT2D eigenvalue weighted by molar-refractivity contribution is -0.143. The van der Waals surface area contributed by atoms with Crippen LogP contribution in [0.3, 0.4) is 0 Å². The van der Waals surface area contributed by atoms with Gasteiger partial charge in [0.1, 0.15) is 5.76 Å². The number of nitrogens with zero attached hydrogens (tertiary/aromatic N) is 1. The first kappa shape index (κ1) is 11.6. The Kier molecular flexibility index (Phi) is 3.34. The van der Waals surface area contributed by atoms with Gasteiger partial charge in [0, 0.05) is 19.5 Å². The molecule has 1 unspecified atom stereocenters. The third kappa shape index (κ3) is 2.11. The quantitative estimate of drug-likeness (QED) is 0.539. The van der Waals surface area contributed by atoms with Gasteiger partial charge in [-0.25, -0.2) is 4.79 Å². The molecule has 0 aliphatic carbocycles. The molecular weight excluding hydrogens is 198 g/mol. The van der Waals surface area contributed by atoms with Gasteiger partial charge in [0.15, 0.2) is 5.57 Å². The van der Waals surface area contributed by atoms with E-state index in [1.165, 1.54) is 4.90 Å². The van der Waals surface area contributed by atoms with E-state index in [9.17, 15) is 14.7 Å². The molecular formula is C10H15NO4. The minimum absolute atomic E-state index is 0.101. The molecule has 1 aliphatic heterocycles. The van der Waals surface area contributed by atoms with E-state index in [1.807, 2.05) is 0 Å². The summed E-state index contributed by atoms with van der Waals surface area (Å²) < 4.78 is 4.70. The molecule has 1 N–H and O–H groups in total. The standard InChI is InChI=1S/C10H15NO4/c1-4-15-10(14)8-7(12)5-6(2)11(3)9(8)13/h6,12H,4-5H2,1-3H3. The fourth-order valence-electron chi connectivity index (χ4n) is 1.43. The van der Waals surface area contributed by atoms with Crippen LogP contribution < -0.4 is 0 Å². The smallest absolute Gasteiger partial charge is 0.347 e. The first-order valence-electron chi connectivity index (χ1n) is 4.85. The molecule has 1 rings (SSSR count). The van der Waals surface area contributed by atoms with Gasteiger partial charge in [-0.05, 0) is 13.8 Å². The number of amides is 1. The van der Waals surface area contributed by atoms with Crippen LogP contribution in [0.4, 0.5) is 0 Å². The maximum Gasteiger partial charge on any atom is 0.347 e. The molecule has 1 heterocycles. The first-order chi connectivity index (χ1) is 6.99. The van der Waals surface area contributed by atoms with Crippen molar-refractivity contribution in [1.29, 1.82) is 0 Å². The number of aliphatic hydroxyl groups excluding tert-OH is 1. The molecule has 1 atom stereocenters. The molecule has 0 aromatic carbocycles. The molecule has 0 fully saturated rings. The van der Waals surface area contributed by atoms with Crippen molar-refractivity contribution in [3.63, 3.8) is 0 Å². The molecule has 84 valence electrons. The number of rotatable bonds is 2. The maximum atomic E-state index is 11.7. The number of hydrogen-bond donors (Lipinski definition) is 1. The second-order valence-corrected chi connectivity index (χ2v) is 3.51. The van der Waals surface area contributed by atoms with Crippen LogP contribution in [0, 0.1) is 0 Å². The normalized spacial score (nSPS) is 21.9. The van der Waals surface area contributed by atoms with Gasteiger partial charge in [0.2, 0.25) is 0 Å². The topological polar surface area (TPSA) is 66.8 Å². The van der Waals surface area contributed by atoms with Crippen molar-refractivity contribution in [2.24, 2.45) is 0 Å². The van der Waals surface area contributed by atoms with Crippen molar-refractivity contribution in [1.82, 2.24) is 4.90 Å². The van der Waals surface area contributed by atoms with E-state index in [1.54, 1.807) is 20.9 Å². The van der Waals surface area contributed by atoms with Crippen molar-refractivity contribution in [2.75, 3.05) is 13.7 Å². The van der Waals surface area contributed by atoms with E-state index in [0.29, 0.717) is 0 Å². The van der Waals surface area contributed by atoms with Crippen LogP contribution in [0.15, 0.2) is 11.3 Å². The van der Waals surface area contributed by atoms with E-state index >= 15 is 0 Å². The zero-order chi connectivity index (χ0) is 11.6. The van der Waals surface area contributed by atoms with E-state index in [2.05, 4.69) is 0 Å². The molecule has 0 spiro atoms. The Balaban J connectivity index is 2.99. The number of carbonyl (C=O) groups is 2. The minimum atomic E-state index is -0.751. The van der Waals surface area contributed by atoms with E-state index in [4.69, 9.17) is 4.74 Å². The average Bonchev–Trinajstić information content (AvgIpc) is 2.15. The Hall–Kier alpha value is -1.52. The number of esters is 1. The molecule has 0 bridgehead atoms. The third-order valence-electron chi connectivity index (χ3n) is 2.45. The van der Waals surface area contributed by atoms with Crippen molar-refractivity contribution in [2.45, 2.75) is 26.3 Å². The van der Waals surface area contributed by atoms with Gasteiger partial charge in [-0.3, -0.25) is 4.79 Å². The van der Waals surface area contributed by atoms with Gasteiger partial charge in [-0.15, -0.1) is 0 Å². The summed E-state index contributed by atoms with van der Waals surface area (Å²) in [5.74, 6) is -1.41. The molecule has 0 saturated heterocycles. The Bertz CT molecular complexity index is 321. The SMILES string of the molecule is CCOC(=O)C1=C(O)CC(C)N(C)C1=O. The van der Waals surface area contributed by atoms with E-state index in [-0.39, 0.29) is 30.4 Å². The lowest BCUT2D eigenvalue weighted by Crippen LogP contribution is -2.42. The van der Waals surface area contributed by atoms with E-state index in [0.717, 1.165) is 0 Å². The number of ether oxygens (including phenoxy) is 1. The molecule has 0 saturated carbocycles. The Labute approximate surface area is 88.3 Å². The van der Waals surface area contributed by atoms with Gasteiger partial charge < -0.3 is 14.7 Å². The molecule has 0 radical (unpaired) electrons. The van der Waals surface area contributed by atoms with Crippen LogP contribution in [0.5, 0.6) is 0 Å². The lowest BCUT2D eigenvalue weighted by Gasteiger charge is -2.30. The number of hydrogen-bond acceptors (Lipinski definition) is 4. The van der Waals surface area contributed by atoms with Crippen molar-refractivity contribution in [3.05, 3.63) is 11.3 Å². The predicted molar refractivity (Wildman–Crippen MR) is 53.1 cm³/mol. The van der Waals surface area contributed by atoms with Crippen molar-refractivity contribution < 1.29 is 19.4 Å². The minimum Gasteiger partial charge on any atom is -0.511 e. The molecule has 1 amide bonds. The third-order valence-corrected chi connectivity index (χ3v) is 2.45. The number of carbonyl (C=O) groups excluding carboxylic acids is 2. The summed E-state index contributed by atoms with van der Waals surface area (Å²) >= 11 is 0. The average molecular weight is 213 g/mol. The molecule has 0 aromatic rings. The highest BCUT2D eigenvalue weighted by atomic mass is 16.5. The molecule has 1 aliphatic rings. The molecule has 15 heavy (non-hydrogen) atoms. The van der Waals surface area contributed by atoms with Gasteiger partial charge in [-0.2, -0.15) is 0 Å². The van der Waals surface area contributed by atoms with Crippen LogP contribution in [0.1, 0.15) is 20.3 Å². The van der Waals surface area contributed by atoms with Crippen LogP contribution >= 0.6 is 0 Å². The highest BCUT2D eigenvalue weighted by Crippen LogP contribution is 2.22. The van der Waals surface area contributed by atoms with Crippen molar-refractivity contribution in [3.8, 4) is 0 Å².